The molecule has 21 heavy (non-hydrogen) atoms. The van der Waals surface area contributed by atoms with Gasteiger partial charge in [0.2, 0.25) is 5.91 Å². The van der Waals surface area contributed by atoms with E-state index in [-0.39, 0.29) is 11.8 Å². The van der Waals surface area contributed by atoms with Gasteiger partial charge < -0.3 is 15.8 Å². The summed E-state index contributed by atoms with van der Waals surface area (Å²) in [4.78, 5) is 15.9. The smallest absolute Gasteiger partial charge is 0.228 e. The topological polar surface area (TPSA) is 77.2 Å². The molecule has 1 heterocycles. The lowest BCUT2D eigenvalue weighted by molar-refractivity contribution is -0.117. The van der Waals surface area contributed by atoms with Gasteiger partial charge in [-0.15, -0.1) is 0 Å². The van der Waals surface area contributed by atoms with Crippen LogP contribution >= 0.6 is 0 Å². The molecule has 3 rings (SSSR count). The van der Waals surface area contributed by atoms with Crippen LogP contribution in [0.1, 0.15) is 18.4 Å². The highest BCUT2D eigenvalue weighted by Crippen LogP contribution is 2.30. The van der Waals surface area contributed by atoms with Crippen molar-refractivity contribution in [2.75, 3.05) is 11.1 Å². The monoisotopic (exact) mass is 283 g/mol. The summed E-state index contributed by atoms with van der Waals surface area (Å²) in [6, 6.07) is 8.95. The van der Waals surface area contributed by atoms with Gasteiger partial charge in [-0.25, -0.2) is 4.98 Å². The van der Waals surface area contributed by atoms with Crippen molar-refractivity contribution < 1.29 is 9.53 Å². The lowest BCUT2D eigenvalue weighted by atomic mass is 10.2. The van der Waals surface area contributed by atoms with Gasteiger partial charge in [0.05, 0.1) is 0 Å². The lowest BCUT2D eigenvalue weighted by Gasteiger charge is -2.09. The third-order valence-corrected chi connectivity index (χ3v) is 3.41. The molecule has 0 spiro atoms. The van der Waals surface area contributed by atoms with Gasteiger partial charge in [-0.05, 0) is 49.6 Å². The number of hydrogen-bond donors (Lipinski definition) is 2. The Morgan fingerprint density at radius 2 is 2.05 bits per heavy atom. The first-order valence-corrected chi connectivity index (χ1v) is 6.93. The molecule has 3 N–H and O–H groups in total. The maximum absolute atomic E-state index is 11.7. The first-order chi connectivity index (χ1) is 10.1. The Hall–Kier alpha value is -2.56. The minimum atomic E-state index is 0.0305. The molecule has 1 amide bonds. The van der Waals surface area contributed by atoms with Crippen LogP contribution in [0.25, 0.3) is 0 Å². The molecule has 1 saturated carbocycles. The largest absolute Gasteiger partial charge is 0.457 e. The summed E-state index contributed by atoms with van der Waals surface area (Å²) in [5.41, 5.74) is 7.48. The Morgan fingerprint density at radius 1 is 1.29 bits per heavy atom. The second-order valence-corrected chi connectivity index (χ2v) is 5.26. The number of rotatable bonds is 4. The van der Waals surface area contributed by atoms with E-state index in [4.69, 9.17) is 10.5 Å². The van der Waals surface area contributed by atoms with E-state index >= 15 is 0 Å². The molecule has 0 unspecified atom stereocenters. The molecule has 0 aliphatic heterocycles. The van der Waals surface area contributed by atoms with Crippen molar-refractivity contribution in [1.82, 2.24) is 4.98 Å². The molecule has 1 aliphatic carbocycles. The summed E-state index contributed by atoms with van der Waals surface area (Å²) in [5, 5.41) is 2.80. The van der Waals surface area contributed by atoms with Crippen molar-refractivity contribution >= 4 is 17.4 Å². The van der Waals surface area contributed by atoms with Crippen LogP contribution in [0.2, 0.25) is 0 Å². The number of carbonyl (C=O) groups is 1. The molecule has 5 nitrogen and oxygen atoms in total. The SMILES string of the molecule is Cc1cc(Oc2ccnc(NC(=O)C3CC3)c2)ccc1N. The van der Waals surface area contributed by atoms with E-state index in [0.29, 0.717) is 17.3 Å². The van der Waals surface area contributed by atoms with E-state index in [2.05, 4.69) is 10.3 Å². The predicted octanol–water partition coefficient (Wildman–Crippen LogP) is 3.11. The predicted molar refractivity (Wildman–Crippen MR) is 81.3 cm³/mol. The fourth-order valence-corrected chi connectivity index (χ4v) is 1.96. The molecule has 1 aliphatic rings. The zero-order chi connectivity index (χ0) is 14.8. The van der Waals surface area contributed by atoms with E-state index in [0.717, 1.165) is 24.1 Å². The second kappa shape index (κ2) is 5.44. The number of carbonyl (C=O) groups excluding carboxylic acids is 1. The number of nitrogens with zero attached hydrogens (tertiary/aromatic N) is 1. The number of amides is 1. The Balaban J connectivity index is 1.72. The number of hydrogen-bond acceptors (Lipinski definition) is 4. The van der Waals surface area contributed by atoms with Gasteiger partial charge in [-0.2, -0.15) is 0 Å². The zero-order valence-electron chi connectivity index (χ0n) is 11.8. The Kier molecular flexibility index (Phi) is 3.48. The van der Waals surface area contributed by atoms with Crippen molar-refractivity contribution in [2.45, 2.75) is 19.8 Å². The quantitative estimate of drug-likeness (QED) is 0.845. The fraction of sp³-hybridized carbons (Fsp3) is 0.250. The van der Waals surface area contributed by atoms with Gasteiger partial charge in [-0.1, -0.05) is 0 Å². The van der Waals surface area contributed by atoms with Crippen LogP contribution < -0.4 is 15.8 Å². The van der Waals surface area contributed by atoms with Crippen molar-refractivity contribution in [3.8, 4) is 11.5 Å². The molecular weight excluding hydrogens is 266 g/mol. The van der Waals surface area contributed by atoms with Gasteiger partial charge in [-0.3, -0.25) is 4.79 Å². The summed E-state index contributed by atoms with van der Waals surface area (Å²) in [5.74, 6) is 2.02. The highest BCUT2D eigenvalue weighted by molar-refractivity contribution is 5.93. The van der Waals surface area contributed by atoms with E-state index in [9.17, 15) is 4.79 Å². The molecule has 2 aromatic rings. The molecule has 0 atom stereocenters. The fourth-order valence-electron chi connectivity index (χ4n) is 1.96. The van der Waals surface area contributed by atoms with Gasteiger partial charge in [0, 0.05) is 23.9 Å². The molecule has 0 saturated heterocycles. The van der Waals surface area contributed by atoms with E-state index in [1.54, 1.807) is 18.3 Å². The number of ether oxygens (including phenoxy) is 1. The average molecular weight is 283 g/mol. The minimum absolute atomic E-state index is 0.0305. The number of nitrogens with two attached hydrogens (primary N) is 1. The molecule has 5 heteroatoms. The van der Waals surface area contributed by atoms with Gasteiger partial charge in [0.25, 0.3) is 0 Å². The maximum atomic E-state index is 11.7. The molecule has 1 aromatic heterocycles. The minimum Gasteiger partial charge on any atom is -0.457 e. The summed E-state index contributed by atoms with van der Waals surface area (Å²) in [6.07, 6.45) is 3.54. The normalized spacial score (nSPS) is 13.8. The van der Waals surface area contributed by atoms with E-state index in [1.807, 2.05) is 25.1 Å². The number of benzene rings is 1. The number of aryl methyl sites for hydroxylation is 1. The standard InChI is InChI=1S/C16H17N3O2/c1-10-8-12(4-5-14(10)17)21-13-6-7-18-15(9-13)19-16(20)11-2-3-11/h4-9,11H,2-3,17H2,1H3,(H,18,19,20). The van der Waals surface area contributed by atoms with Gasteiger partial charge in [0.15, 0.2) is 0 Å². The Bertz CT molecular complexity index is 681. The third kappa shape index (κ3) is 3.31. The van der Waals surface area contributed by atoms with E-state index < -0.39 is 0 Å². The van der Waals surface area contributed by atoms with Crippen LogP contribution in [0.4, 0.5) is 11.5 Å². The third-order valence-electron chi connectivity index (χ3n) is 3.41. The van der Waals surface area contributed by atoms with Crippen LogP contribution in [0, 0.1) is 12.8 Å². The van der Waals surface area contributed by atoms with Crippen molar-refractivity contribution in [3.05, 3.63) is 42.1 Å². The highest BCUT2D eigenvalue weighted by Gasteiger charge is 2.29. The number of aromatic nitrogens is 1. The summed E-state index contributed by atoms with van der Waals surface area (Å²) in [7, 11) is 0. The van der Waals surface area contributed by atoms with Crippen molar-refractivity contribution in [2.24, 2.45) is 5.92 Å². The van der Waals surface area contributed by atoms with E-state index in [1.165, 1.54) is 0 Å². The van der Waals surface area contributed by atoms with Crippen molar-refractivity contribution in [3.63, 3.8) is 0 Å². The summed E-state index contributed by atoms with van der Waals surface area (Å²) < 4.78 is 5.77. The maximum Gasteiger partial charge on any atom is 0.228 e. The van der Waals surface area contributed by atoms with Gasteiger partial charge in [0.1, 0.15) is 17.3 Å². The number of nitrogens with one attached hydrogen (secondary N) is 1. The van der Waals surface area contributed by atoms with Crippen LogP contribution in [-0.2, 0) is 4.79 Å². The van der Waals surface area contributed by atoms with Crippen LogP contribution in [0.3, 0.4) is 0 Å². The molecule has 1 fully saturated rings. The van der Waals surface area contributed by atoms with Crippen LogP contribution in [-0.4, -0.2) is 10.9 Å². The molecular formula is C16H17N3O2. The highest BCUT2D eigenvalue weighted by atomic mass is 16.5. The molecule has 1 aromatic carbocycles. The summed E-state index contributed by atoms with van der Waals surface area (Å²) in [6.45, 7) is 1.93. The number of anilines is 2. The first-order valence-electron chi connectivity index (χ1n) is 6.93. The Labute approximate surface area is 123 Å². The first kappa shape index (κ1) is 13.4. The molecule has 0 bridgehead atoms. The second-order valence-electron chi connectivity index (χ2n) is 5.26. The summed E-state index contributed by atoms with van der Waals surface area (Å²) >= 11 is 0. The van der Waals surface area contributed by atoms with Crippen LogP contribution in [0.5, 0.6) is 11.5 Å². The number of nitrogen functional groups attached to an aromatic ring is 1. The Morgan fingerprint density at radius 3 is 2.76 bits per heavy atom. The van der Waals surface area contributed by atoms with Crippen LogP contribution in [0.15, 0.2) is 36.5 Å². The zero-order valence-corrected chi connectivity index (χ0v) is 11.8. The molecule has 0 radical (unpaired) electrons. The molecule has 108 valence electrons. The lowest BCUT2D eigenvalue weighted by Crippen LogP contribution is -2.14. The van der Waals surface area contributed by atoms with Crippen molar-refractivity contribution in [1.29, 1.82) is 0 Å². The van der Waals surface area contributed by atoms with Gasteiger partial charge >= 0.3 is 0 Å². The number of pyridine rings is 1. The average Bonchev–Trinajstić information content (AvgIpc) is 3.28.